The van der Waals surface area contributed by atoms with Gasteiger partial charge in [-0.3, -0.25) is 20.6 Å². The first-order valence-electron chi connectivity index (χ1n) is 13.3. The van der Waals surface area contributed by atoms with Crippen molar-refractivity contribution >= 4 is 23.7 Å². The highest BCUT2D eigenvalue weighted by atomic mass is 16.6. The molecule has 3 aliphatic heterocycles. The number of carbonyl (C=O) groups excluding carboxylic acids is 2. The van der Waals surface area contributed by atoms with Gasteiger partial charge in [-0.2, -0.15) is 0 Å². The number of fused-ring (bicyclic) bond motifs is 1. The minimum absolute atomic E-state index is 0.201. The zero-order valence-corrected chi connectivity index (χ0v) is 21.7. The predicted octanol–water partition coefficient (Wildman–Crippen LogP) is 3.35. The minimum atomic E-state index is -0.426. The van der Waals surface area contributed by atoms with E-state index in [1.165, 1.54) is 0 Å². The normalized spacial score (nSPS) is 24.2. The smallest absolute Gasteiger partial charge is 0.410 e. The quantitative estimate of drug-likeness (QED) is 0.414. The number of rotatable bonds is 4. The zero-order chi connectivity index (χ0) is 26.6. The summed E-state index contributed by atoms with van der Waals surface area (Å²) in [6.45, 7) is 4.49. The number of amidine groups is 2. The highest BCUT2D eigenvalue weighted by Gasteiger charge is 2.30. The van der Waals surface area contributed by atoms with Gasteiger partial charge >= 0.3 is 6.09 Å². The predicted molar refractivity (Wildman–Crippen MR) is 142 cm³/mol. The van der Waals surface area contributed by atoms with Crippen molar-refractivity contribution in [3.63, 3.8) is 0 Å². The number of hydrogen-bond acceptors (Lipinski definition) is 7. The summed E-state index contributed by atoms with van der Waals surface area (Å²) >= 11 is 0. The summed E-state index contributed by atoms with van der Waals surface area (Å²) < 4.78 is 10.9. The third kappa shape index (κ3) is 5.40. The van der Waals surface area contributed by atoms with Gasteiger partial charge in [0.15, 0.2) is 0 Å². The van der Waals surface area contributed by atoms with Crippen LogP contribution in [0.3, 0.4) is 0 Å². The molecule has 0 radical (unpaired) electrons. The van der Waals surface area contributed by atoms with E-state index in [0.29, 0.717) is 63.5 Å². The lowest BCUT2D eigenvalue weighted by Gasteiger charge is -2.33. The van der Waals surface area contributed by atoms with Crippen LogP contribution in [0.4, 0.5) is 4.79 Å². The van der Waals surface area contributed by atoms with Gasteiger partial charge in [-0.15, -0.1) is 0 Å². The molecule has 5 rings (SSSR count). The SMILES string of the molecule is C/C=C1/C(C(=N)N2CCCCC2=N)=CC=CC1NC(=O)c1cc2c(cn1)CCN(C(=O)OC1CCOC1)C2. The van der Waals surface area contributed by atoms with E-state index in [4.69, 9.17) is 20.3 Å². The molecule has 38 heavy (non-hydrogen) atoms. The average Bonchev–Trinajstić information content (AvgIpc) is 3.45. The Labute approximate surface area is 222 Å². The third-order valence-electron chi connectivity index (χ3n) is 7.45. The summed E-state index contributed by atoms with van der Waals surface area (Å²) in [6.07, 6.45) is 12.6. The van der Waals surface area contributed by atoms with Gasteiger partial charge in [0, 0.05) is 44.2 Å². The second kappa shape index (κ2) is 11.3. The van der Waals surface area contributed by atoms with Crippen LogP contribution < -0.4 is 5.32 Å². The summed E-state index contributed by atoms with van der Waals surface area (Å²) in [7, 11) is 0. The van der Waals surface area contributed by atoms with Crippen LogP contribution in [0.2, 0.25) is 0 Å². The topological polar surface area (TPSA) is 132 Å². The van der Waals surface area contributed by atoms with Crippen LogP contribution in [0.1, 0.15) is 54.2 Å². The van der Waals surface area contributed by atoms with E-state index in [1.54, 1.807) is 22.1 Å². The molecule has 0 aromatic carbocycles. The molecule has 4 aliphatic rings. The summed E-state index contributed by atoms with van der Waals surface area (Å²) in [5.41, 5.74) is 3.69. The summed E-state index contributed by atoms with van der Waals surface area (Å²) in [5, 5.41) is 20.1. The summed E-state index contributed by atoms with van der Waals surface area (Å²) in [6, 6.07) is 1.32. The number of aromatic nitrogens is 1. The van der Waals surface area contributed by atoms with Crippen molar-refractivity contribution < 1.29 is 19.1 Å². The average molecular weight is 519 g/mol. The Hall–Kier alpha value is -3.79. The number of ether oxygens (including phenoxy) is 2. The number of pyridine rings is 1. The van der Waals surface area contributed by atoms with Gasteiger partial charge in [-0.1, -0.05) is 24.3 Å². The molecule has 10 nitrogen and oxygen atoms in total. The van der Waals surface area contributed by atoms with Crippen molar-refractivity contribution in [3.05, 3.63) is 64.5 Å². The first kappa shape index (κ1) is 25.8. The lowest BCUT2D eigenvalue weighted by Crippen LogP contribution is -2.43. The monoisotopic (exact) mass is 518 g/mol. The molecule has 2 amide bonds. The molecule has 2 atom stereocenters. The standard InChI is InChI=1S/C28H34N6O4/c1-2-21-22(26(30)34-11-4-3-8-25(34)29)6-5-7-23(21)32-27(35)24-14-19-16-33(12-9-18(19)15-31-24)28(36)38-20-10-13-37-17-20/h2,5-7,14-15,20,23,29-30H,3-4,8-13,16-17H2,1H3,(H,32,35)/b21-2-,29-25?,30-26?. The fourth-order valence-corrected chi connectivity index (χ4v) is 5.29. The highest BCUT2D eigenvalue weighted by molar-refractivity contribution is 6.10. The van der Waals surface area contributed by atoms with E-state index < -0.39 is 6.04 Å². The number of nitrogens with one attached hydrogen (secondary N) is 3. The number of piperidine rings is 1. The van der Waals surface area contributed by atoms with Crippen molar-refractivity contribution in [2.75, 3.05) is 26.3 Å². The van der Waals surface area contributed by atoms with Gasteiger partial charge in [0.25, 0.3) is 5.91 Å². The van der Waals surface area contributed by atoms with E-state index in [9.17, 15) is 9.59 Å². The maximum Gasteiger partial charge on any atom is 0.410 e. The van der Waals surface area contributed by atoms with Gasteiger partial charge < -0.3 is 24.6 Å². The minimum Gasteiger partial charge on any atom is -0.444 e. The van der Waals surface area contributed by atoms with Crippen molar-refractivity contribution in [1.29, 1.82) is 10.8 Å². The molecule has 4 heterocycles. The van der Waals surface area contributed by atoms with Crippen LogP contribution in [0.25, 0.3) is 0 Å². The fourth-order valence-electron chi connectivity index (χ4n) is 5.29. The maximum atomic E-state index is 13.3. The molecule has 0 bridgehead atoms. The van der Waals surface area contributed by atoms with Crippen LogP contribution >= 0.6 is 0 Å². The van der Waals surface area contributed by atoms with Crippen molar-refractivity contribution in [3.8, 4) is 0 Å². The Morgan fingerprint density at radius 2 is 2.11 bits per heavy atom. The molecule has 1 aliphatic carbocycles. The van der Waals surface area contributed by atoms with E-state index in [0.717, 1.165) is 29.5 Å². The molecule has 2 saturated heterocycles. The Bertz CT molecular complexity index is 1230. The number of amides is 2. The zero-order valence-electron chi connectivity index (χ0n) is 21.7. The Balaban J connectivity index is 1.25. The van der Waals surface area contributed by atoms with Gasteiger partial charge in [0.2, 0.25) is 0 Å². The molecule has 3 N–H and O–H groups in total. The largest absolute Gasteiger partial charge is 0.444 e. The van der Waals surface area contributed by atoms with E-state index in [2.05, 4.69) is 10.3 Å². The van der Waals surface area contributed by atoms with Crippen LogP contribution in [-0.4, -0.2) is 76.9 Å². The second-order valence-electron chi connectivity index (χ2n) is 9.94. The second-order valence-corrected chi connectivity index (χ2v) is 9.94. The molecule has 2 fully saturated rings. The van der Waals surface area contributed by atoms with E-state index >= 15 is 0 Å². The van der Waals surface area contributed by atoms with Crippen LogP contribution in [0, 0.1) is 10.8 Å². The van der Waals surface area contributed by atoms with Crippen molar-refractivity contribution in [2.45, 2.75) is 57.7 Å². The number of likely N-dealkylation sites (tertiary alicyclic amines) is 1. The molecule has 1 aromatic rings. The lowest BCUT2D eigenvalue weighted by atomic mass is 9.91. The summed E-state index contributed by atoms with van der Waals surface area (Å²) in [5.74, 6) is 0.415. The van der Waals surface area contributed by atoms with Gasteiger partial charge in [-0.25, -0.2) is 4.79 Å². The Morgan fingerprint density at radius 3 is 2.87 bits per heavy atom. The molecular weight excluding hydrogens is 484 g/mol. The summed E-state index contributed by atoms with van der Waals surface area (Å²) in [4.78, 5) is 33.7. The Kier molecular flexibility index (Phi) is 7.69. The maximum absolute atomic E-state index is 13.3. The number of carbonyl (C=O) groups is 2. The van der Waals surface area contributed by atoms with Crippen molar-refractivity contribution in [2.24, 2.45) is 0 Å². The molecule has 0 saturated carbocycles. The molecular formula is C28H34N6O4. The van der Waals surface area contributed by atoms with Gasteiger partial charge in [-0.05, 0) is 49.0 Å². The molecule has 200 valence electrons. The first-order chi connectivity index (χ1) is 18.4. The van der Waals surface area contributed by atoms with Crippen LogP contribution in [-0.2, 0) is 22.4 Å². The fraction of sp³-hybridized carbons (Fsp3) is 0.464. The number of nitrogens with zero attached hydrogens (tertiary/aromatic N) is 3. The van der Waals surface area contributed by atoms with Gasteiger partial charge in [0.1, 0.15) is 23.5 Å². The lowest BCUT2D eigenvalue weighted by molar-refractivity contribution is 0.0516. The van der Waals surface area contributed by atoms with Crippen LogP contribution in [0.15, 0.2) is 47.7 Å². The molecule has 10 heteroatoms. The van der Waals surface area contributed by atoms with Gasteiger partial charge in [0.05, 0.1) is 19.3 Å². The molecule has 2 unspecified atom stereocenters. The first-order valence-corrected chi connectivity index (χ1v) is 13.3. The van der Waals surface area contributed by atoms with Crippen LogP contribution in [0.5, 0.6) is 0 Å². The molecule has 1 aromatic heterocycles. The van der Waals surface area contributed by atoms with Crippen molar-refractivity contribution in [1.82, 2.24) is 20.1 Å². The third-order valence-corrected chi connectivity index (χ3v) is 7.45. The van der Waals surface area contributed by atoms with E-state index in [-0.39, 0.29) is 29.6 Å². The Morgan fingerprint density at radius 1 is 1.24 bits per heavy atom. The number of hydrogen-bond donors (Lipinski definition) is 3. The molecule has 0 spiro atoms. The number of allylic oxidation sites excluding steroid dienone is 3. The highest BCUT2D eigenvalue weighted by Crippen LogP contribution is 2.26. The van der Waals surface area contributed by atoms with E-state index in [1.807, 2.05) is 31.2 Å².